The normalized spacial score (nSPS) is 10.7. The van der Waals surface area contributed by atoms with E-state index in [1.807, 2.05) is 24.3 Å². The van der Waals surface area contributed by atoms with Crippen molar-refractivity contribution < 1.29 is 0 Å². The van der Waals surface area contributed by atoms with Crippen LogP contribution in [0.5, 0.6) is 0 Å². The maximum Gasteiger partial charge on any atom is 0.0484 e. The molecule has 2 aromatic carbocycles. The Bertz CT molecular complexity index is 451. The van der Waals surface area contributed by atoms with E-state index in [1.165, 1.54) is 10.9 Å². The molecule has 2 rings (SSSR count). The molecule has 2 N–H and O–H groups in total. The number of fused-ring (bicyclic) bond motifs is 1. The highest BCUT2D eigenvalue weighted by molar-refractivity contribution is 6.35. The lowest BCUT2D eigenvalue weighted by molar-refractivity contribution is 0.977. The lowest BCUT2D eigenvalue weighted by atomic mass is 10.0. The number of halogens is 1. The van der Waals surface area contributed by atoms with Gasteiger partial charge in [-0.05, 0) is 30.0 Å². The van der Waals surface area contributed by atoms with Crippen LogP contribution in [0.3, 0.4) is 0 Å². The Morgan fingerprint density at radius 3 is 2.43 bits per heavy atom. The van der Waals surface area contributed by atoms with Crippen molar-refractivity contribution in [2.45, 2.75) is 6.42 Å². The van der Waals surface area contributed by atoms with Gasteiger partial charge in [-0.2, -0.15) is 0 Å². The predicted molar refractivity (Wildman–Crippen MR) is 61.7 cm³/mol. The summed E-state index contributed by atoms with van der Waals surface area (Å²) in [5.41, 5.74) is 6.83. The third-order valence-electron chi connectivity index (χ3n) is 2.37. The Labute approximate surface area is 88.5 Å². The Balaban J connectivity index is 2.68. The number of nitrogens with two attached hydrogens (primary N) is 1. The van der Waals surface area contributed by atoms with Crippen LogP contribution in [0.2, 0.25) is 5.02 Å². The summed E-state index contributed by atoms with van der Waals surface area (Å²) >= 11 is 6.10. The van der Waals surface area contributed by atoms with Gasteiger partial charge >= 0.3 is 0 Å². The number of benzene rings is 2. The number of rotatable bonds is 2. The summed E-state index contributed by atoms with van der Waals surface area (Å²) in [5, 5.41) is 3.13. The van der Waals surface area contributed by atoms with Crippen LogP contribution in [0, 0.1) is 0 Å². The first-order valence-corrected chi connectivity index (χ1v) is 5.07. The molecule has 0 amide bonds. The van der Waals surface area contributed by atoms with Crippen molar-refractivity contribution in [1.29, 1.82) is 0 Å². The lowest BCUT2D eigenvalue weighted by Gasteiger charge is -2.06. The quantitative estimate of drug-likeness (QED) is 0.802. The van der Waals surface area contributed by atoms with Gasteiger partial charge in [0.2, 0.25) is 0 Å². The molecule has 0 radical (unpaired) electrons. The number of hydrogen-bond acceptors (Lipinski definition) is 1. The van der Waals surface area contributed by atoms with E-state index in [2.05, 4.69) is 12.1 Å². The zero-order valence-corrected chi connectivity index (χ0v) is 8.59. The molecule has 0 spiro atoms. The minimum absolute atomic E-state index is 0.672. The Morgan fingerprint density at radius 1 is 1.00 bits per heavy atom. The standard InChI is InChI=1S/C12H12ClN/c13-12-6-5-9(7-8-14)10-3-1-2-4-11(10)12/h1-6H,7-8,14H2. The van der Waals surface area contributed by atoms with Crippen LogP contribution in [-0.2, 0) is 6.42 Å². The molecular weight excluding hydrogens is 194 g/mol. The summed E-state index contributed by atoms with van der Waals surface area (Å²) in [4.78, 5) is 0. The van der Waals surface area contributed by atoms with E-state index in [9.17, 15) is 0 Å². The van der Waals surface area contributed by atoms with Crippen molar-refractivity contribution in [2.24, 2.45) is 5.73 Å². The fourth-order valence-electron chi connectivity index (χ4n) is 1.70. The van der Waals surface area contributed by atoms with E-state index in [0.29, 0.717) is 6.54 Å². The molecule has 0 fully saturated rings. The van der Waals surface area contributed by atoms with Gasteiger partial charge in [-0.15, -0.1) is 0 Å². The molecule has 0 saturated carbocycles. The van der Waals surface area contributed by atoms with E-state index in [0.717, 1.165) is 16.8 Å². The second-order valence-corrected chi connectivity index (χ2v) is 3.70. The van der Waals surface area contributed by atoms with Gasteiger partial charge in [0.15, 0.2) is 0 Å². The highest BCUT2D eigenvalue weighted by Crippen LogP contribution is 2.26. The zero-order valence-electron chi connectivity index (χ0n) is 7.83. The van der Waals surface area contributed by atoms with Crippen LogP contribution in [0.1, 0.15) is 5.56 Å². The molecule has 2 aromatic rings. The monoisotopic (exact) mass is 205 g/mol. The first-order chi connectivity index (χ1) is 6.83. The maximum atomic E-state index is 6.10. The Kier molecular flexibility index (Phi) is 2.71. The molecule has 0 atom stereocenters. The zero-order chi connectivity index (χ0) is 9.97. The van der Waals surface area contributed by atoms with E-state index in [-0.39, 0.29) is 0 Å². The lowest BCUT2D eigenvalue weighted by Crippen LogP contribution is -2.03. The van der Waals surface area contributed by atoms with Crippen molar-refractivity contribution in [1.82, 2.24) is 0 Å². The van der Waals surface area contributed by atoms with E-state index >= 15 is 0 Å². The first kappa shape index (κ1) is 9.50. The summed E-state index contributed by atoms with van der Waals surface area (Å²) in [6.07, 6.45) is 0.900. The average Bonchev–Trinajstić information content (AvgIpc) is 2.23. The largest absolute Gasteiger partial charge is 0.330 e. The predicted octanol–water partition coefficient (Wildman–Crippen LogP) is 2.99. The molecule has 0 heterocycles. The summed E-state index contributed by atoms with van der Waals surface area (Å²) in [5.74, 6) is 0. The van der Waals surface area contributed by atoms with E-state index < -0.39 is 0 Å². The number of hydrogen-bond donors (Lipinski definition) is 1. The third-order valence-corrected chi connectivity index (χ3v) is 2.70. The molecule has 1 nitrogen and oxygen atoms in total. The third kappa shape index (κ3) is 1.61. The second-order valence-electron chi connectivity index (χ2n) is 3.29. The highest BCUT2D eigenvalue weighted by Gasteiger charge is 2.02. The summed E-state index contributed by atoms with van der Waals surface area (Å²) < 4.78 is 0. The molecular formula is C12H12ClN. The fraction of sp³-hybridized carbons (Fsp3) is 0.167. The van der Waals surface area contributed by atoms with Crippen molar-refractivity contribution in [2.75, 3.05) is 6.54 Å². The van der Waals surface area contributed by atoms with Crippen LogP contribution in [0.4, 0.5) is 0 Å². The van der Waals surface area contributed by atoms with Crippen LogP contribution in [-0.4, -0.2) is 6.54 Å². The molecule has 0 aromatic heterocycles. The van der Waals surface area contributed by atoms with Gasteiger partial charge in [-0.1, -0.05) is 41.9 Å². The van der Waals surface area contributed by atoms with Crippen LogP contribution < -0.4 is 5.73 Å². The Morgan fingerprint density at radius 2 is 1.71 bits per heavy atom. The molecule has 0 unspecified atom stereocenters. The van der Waals surface area contributed by atoms with Gasteiger partial charge in [0, 0.05) is 10.4 Å². The van der Waals surface area contributed by atoms with Gasteiger partial charge in [-0.25, -0.2) is 0 Å². The highest BCUT2D eigenvalue weighted by atomic mass is 35.5. The summed E-state index contributed by atoms with van der Waals surface area (Å²) in [6, 6.07) is 12.1. The van der Waals surface area contributed by atoms with Gasteiger partial charge in [0.25, 0.3) is 0 Å². The van der Waals surface area contributed by atoms with Crippen LogP contribution >= 0.6 is 11.6 Å². The average molecular weight is 206 g/mol. The van der Waals surface area contributed by atoms with Crippen LogP contribution in [0.25, 0.3) is 10.8 Å². The summed E-state index contributed by atoms with van der Waals surface area (Å²) in [7, 11) is 0. The molecule has 0 saturated heterocycles. The molecule has 14 heavy (non-hydrogen) atoms. The van der Waals surface area contributed by atoms with Crippen molar-refractivity contribution in [3.8, 4) is 0 Å². The maximum absolute atomic E-state index is 6.10. The van der Waals surface area contributed by atoms with E-state index in [4.69, 9.17) is 17.3 Å². The molecule has 0 aliphatic heterocycles. The topological polar surface area (TPSA) is 26.0 Å². The molecule has 2 heteroatoms. The minimum atomic E-state index is 0.672. The second kappa shape index (κ2) is 3.99. The van der Waals surface area contributed by atoms with Crippen LogP contribution in [0.15, 0.2) is 36.4 Å². The van der Waals surface area contributed by atoms with Crippen molar-refractivity contribution in [3.05, 3.63) is 47.0 Å². The minimum Gasteiger partial charge on any atom is -0.330 e. The molecule has 0 aliphatic carbocycles. The summed E-state index contributed by atoms with van der Waals surface area (Å²) in [6.45, 7) is 0.672. The SMILES string of the molecule is NCCc1ccc(Cl)c2ccccc12. The van der Waals surface area contributed by atoms with Crippen molar-refractivity contribution >= 4 is 22.4 Å². The molecule has 72 valence electrons. The van der Waals surface area contributed by atoms with Gasteiger partial charge in [0.05, 0.1) is 0 Å². The molecule has 0 aliphatic rings. The fourth-order valence-corrected chi connectivity index (χ4v) is 1.93. The first-order valence-electron chi connectivity index (χ1n) is 4.69. The van der Waals surface area contributed by atoms with Crippen molar-refractivity contribution in [3.63, 3.8) is 0 Å². The smallest absolute Gasteiger partial charge is 0.0484 e. The van der Waals surface area contributed by atoms with Gasteiger partial charge in [-0.3, -0.25) is 0 Å². The Hall–Kier alpha value is -1.05. The molecule has 0 bridgehead atoms. The van der Waals surface area contributed by atoms with Gasteiger partial charge < -0.3 is 5.73 Å². The van der Waals surface area contributed by atoms with E-state index in [1.54, 1.807) is 0 Å². The van der Waals surface area contributed by atoms with Gasteiger partial charge in [0.1, 0.15) is 0 Å².